The molecule has 35 heavy (non-hydrogen) atoms. The number of nitrogen functional groups attached to an aromatic ring is 1. The number of carbonyl (C=O) groups is 2. The molecule has 0 saturated carbocycles. The van der Waals surface area contributed by atoms with Crippen LogP contribution in [0.3, 0.4) is 0 Å². The molecular weight excluding hydrogens is 598 g/mol. The molecule has 4 aromatic carbocycles. The van der Waals surface area contributed by atoms with Crippen LogP contribution in [0.25, 0.3) is 0 Å². The lowest BCUT2D eigenvalue weighted by molar-refractivity contribution is -0.133. The average Bonchev–Trinajstić information content (AvgIpc) is 2.84. The number of carbonyl (C=O) groups excluding carboxylic acids is 2. The van der Waals surface area contributed by atoms with Crippen LogP contribution >= 0.6 is 43.5 Å². The fraction of sp³-hybridized carbons (Fsp3) is 0.0370. The Morgan fingerprint density at radius 3 is 1.51 bits per heavy atom. The van der Waals surface area contributed by atoms with Gasteiger partial charge in [0.05, 0.1) is 6.42 Å². The smallest absolute Gasteiger partial charge is 0.409 e. The maximum Gasteiger partial charge on any atom is 0.409 e. The summed E-state index contributed by atoms with van der Waals surface area (Å²) in [5, 5.41) is 0. The van der Waals surface area contributed by atoms with Gasteiger partial charge in [-0.3, -0.25) is 4.79 Å². The normalized spacial score (nSPS) is 9.46. The van der Waals surface area contributed by atoms with E-state index in [1.807, 2.05) is 72.8 Å². The highest BCUT2D eigenvalue weighted by atomic mass is 79.9. The largest absolute Gasteiger partial charge is 0.426 e. The predicted octanol–water partition coefficient (Wildman–Crippen LogP) is 8.05. The first-order valence-corrected chi connectivity index (χ1v) is 12.2. The Morgan fingerprint density at radius 2 is 1.09 bits per heavy atom. The molecule has 0 spiro atoms. The van der Waals surface area contributed by atoms with Crippen molar-refractivity contribution in [3.8, 4) is 11.5 Å². The number of hydrogen-bond donors (Lipinski definition) is 1. The van der Waals surface area contributed by atoms with E-state index >= 15 is 0 Å². The highest BCUT2D eigenvalue weighted by Crippen LogP contribution is 2.13. The van der Waals surface area contributed by atoms with Crippen LogP contribution in [0.5, 0.6) is 11.5 Å². The molecule has 0 radical (unpaired) electrons. The topological polar surface area (TPSA) is 78.6 Å². The molecule has 0 aliphatic heterocycles. The Hall–Kier alpha value is -3.13. The number of ether oxygens (including phenoxy) is 2. The Bertz CT molecular complexity index is 1150. The van der Waals surface area contributed by atoms with Crippen LogP contribution in [0.1, 0.15) is 5.56 Å². The van der Waals surface area contributed by atoms with Crippen molar-refractivity contribution in [3.05, 3.63) is 124 Å². The summed E-state index contributed by atoms with van der Waals surface area (Å²) < 4.78 is 11.8. The second kappa shape index (κ2) is 15.7. The molecule has 0 aliphatic rings. The van der Waals surface area contributed by atoms with E-state index in [1.165, 1.54) is 0 Å². The summed E-state index contributed by atoms with van der Waals surface area (Å²) in [5.74, 6) is 0.788. The van der Waals surface area contributed by atoms with Crippen molar-refractivity contribution >= 4 is 60.5 Å². The third-order valence-corrected chi connectivity index (χ3v) is 5.18. The zero-order valence-corrected chi connectivity index (χ0v) is 22.4. The Labute approximate surface area is 226 Å². The van der Waals surface area contributed by atoms with Gasteiger partial charge < -0.3 is 15.2 Å². The van der Waals surface area contributed by atoms with Gasteiger partial charge in [-0.25, -0.2) is 4.79 Å². The first-order chi connectivity index (χ1) is 16.8. The SMILES string of the molecule is Nc1ccc(Br)cc1.O=C(Cc1ccc(Br)cc1)Oc1ccccc1.O=C(Cl)Oc1ccccc1. The lowest BCUT2D eigenvalue weighted by atomic mass is 10.1. The third kappa shape index (κ3) is 12.8. The van der Waals surface area contributed by atoms with Gasteiger partial charge in [-0.05, 0) is 66.2 Å². The molecule has 0 bridgehead atoms. The molecular formula is C27H22Br2ClNO4. The van der Waals surface area contributed by atoms with Crippen LogP contribution in [0, 0.1) is 0 Å². The number of nitrogens with two attached hydrogens (primary N) is 1. The van der Waals surface area contributed by atoms with E-state index in [9.17, 15) is 9.59 Å². The zero-order valence-electron chi connectivity index (χ0n) is 18.4. The second-order valence-corrected chi connectivity index (χ2v) is 8.93. The predicted molar refractivity (Wildman–Crippen MR) is 147 cm³/mol. The van der Waals surface area contributed by atoms with E-state index in [4.69, 9.17) is 22.1 Å². The van der Waals surface area contributed by atoms with Crippen molar-refractivity contribution in [1.82, 2.24) is 0 Å². The van der Waals surface area contributed by atoms with Crippen LogP contribution in [0.15, 0.2) is 118 Å². The molecule has 8 heteroatoms. The van der Waals surface area contributed by atoms with Crippen molar-refractivity contribution in [2.24, 2.45) is 0 Å². The quantitative estimate of drug-likeness (QED) is 0.108. The Balaban J connectivity index is 0.000000204. The van der Waals surface area contributed by atoms with E-state index in [2.05, 4.69) is 36.6 Å². The highest BCUT2D eigenvalue weighted by Gasteiger charge is 2.05. The number of anilines is 1. The molecule has 0 heterocycles. The molecule has 0 aliphatic carbocycles. The van der Waals surface area contributed by atoms with Crippen molar-refractivity contribution in [2.75, 3.05) is 5.73 Å². The fourth-order valence-electron chi connectivity index (χ4n) is 2.47. The standard InChI is InChI=1S/C14H11BrO2.C7H5ClO2.C6H6BrN/c15-12-8-6-11(7-9-12)10-14(16)17-13-4-2-1-3-5-13;8-7(9)10-6-4-2-1-3-5-6;7-5-1-3-6(8)4-2-5/h1-9H,10H2;1-5H;1-4H,8H2. The number of benzene rings is 4. The fourth-order valence-corrected chi connectivity index (χ4v) is 3.09. The van der Waals surface area contributed by atoms with Crippen LogP contribution in [0.2, 0.25) is 0 Å². The molecule has 2 N–H and O–H groups in total. The summed E-state index contributed by atoms with van der Waals surface area (Å²) in [6.07, 6.45) is 0.280. The summed E-state index contributed by atoms with van der Waals surface area (Å²) >= 11 is 11.6. The van der Waals surface area contributed by atoms with Crippen LogP contribution in [-0.2, 0) is 11.2 Å². The van der Waals surface area contributed by atoms with Gasteiger partial charge in [0.15, 0.2) is 0 Å². The Kier molecular flexibility index (Phi) is 12.6. The van der Waals surface area contributed by atoms with Gasteiger partial charge in [0.1, 0.15) is 11.5 Å². The summed E-state index contributed by atoms with van der Waals surface area (Å²) in [7, 11) is 0. The van der Waals surface area contributed by atoms with Crippen molar-refractivity contribution in [2.45, 2.75) is 6.42 Å². The highest BCUT2D eigenvalue weighted by molar-refractivity contribution is 9.10. The number of halogens is 3. The van der Waals surface area contributed by atoms with Gasteiger partial charge >= 0.3 is 11.4 Å². The average molecular weight is 620 g/mol. The molecule has 4 rings (SSSR count). The Morgan fingerprint density at radius 1 is 0.657 bits per heavy atom. The molecule has 5 nitrogen and oxygen atoms in total. The molecule has 0 fully saturated rings. The maximum absolute atomic E-state index is 11.6. The first kappa shape index (κ1) is 28.1. The second-order valence-electron chi connectivity index (χ2n) is 6.79. The summed E-state index contributed by atoms with van der Waals surface area (Å²) in [6.45, 7) is 0. The summed E-state index contributed by atoms with van der Waals surface area (Å²) in [6, 6.07) is 32.9. The number of hydrogen-bond acceptors (Lipinski definition) is 5. The number of esters is 1. The lowest BCUT2D eigenvalue weighted by Crippen LogP contribution is -2.10. The van der Waals surface area contributed by atoms with Gasteiger partial charge in [-0.2, -0.15) is 0 Å². The van der Waals surface area contributed by atoms with Gasteiger partial charge in [-0.1, -0.05) is 80.4 Å². The lowest BCUT2D eigenvalue weighted by Gasteiger charge is -2.04. The van der Waals surface area contributed by atoms with E-state index in [-0.39, 0.29) is 12.4 Å². The van der Waals surface area contributed by atoms with Gasteiger partial charge in [0, 0.05) is 26.2 Å². The van der Waals surface area contributed by atoms with Gasteiger partial charge in [-0.15, -0.1) is 0 Å². The molecule has 180 valence electrons. The monoisotopic (exact) mass is 617 g/mol. The van der Waals surface area contributed by atoms with Gasteiger partial charge in [0.25, 0.3) is 0 Å². The van der Waals surface area contributed by atoms with E-state index in [0.717, 1.165) is 20.2 Å². The molecule has 0 aromatic heterocycles. The zero-order chi connectivity index (χ0) is 25.5. The number of rotatable bonds is 4. The van der Waals surface area contributed by atoms with E-state index in [1.54, 1.807) is 36.4 Å². The minimum atomic E-state index is -0.814. The minimum absolute atomic E-state index is 0.251. The maximum atomic E-state index is 11.6. The van der Waals surface area contributed by atoms with Crippen molar-refractivity contribution in [1.29, 1.82) is 0 Å². The summed E-state index contributed by atoms with van der Waals surface area (Å²) in [4.78, 5) is 21.8. The number of para-hydroxylation sites is 2. The molecule has 0 atom stereocenters. The summed E-state index contributed by atoms with van der Waals surface area (Å²) in [5.41, 5.74) is 6.33. The van der Waals surface area contributed by atoms with Crippen molar-refractivity contribution < 1.29 is 19.1 Å². The minimum Gasteiger partial charge on any atom is -0.426 e. The van der Waals surface area contributed by atoms with Crippen LogP contribution in [-0.4, -0.2) is 11.4 Å². The van der Waals surface area contributed by atoms with Gasteiger partial charge in [0.2, 0.25) is 0 Å². The van der Waals surface area contributed by atoms with E-state index < -0.39 is 5.43 Å². The molecule has 0 amide bonds. The van der Waals surface area contributed by atoms with Crippen LogP contribution in [0.4, 0.5) is 10.5 Å². The third-order valence-electron chi connectivity index (χ3n) is 4.05. The molecule has 0 saturated heterocycles. The first-order valence-electron chi connectivity index (χ1n) is 10.3. The molecule has 0 unspecified atom stereocenters. The van der Waals surface area contributed by atoms with E-state index in [0.29, 0.717) is 11.5 Å². The van der Waals surface area contributed by atoms with Crippen molar-refractivity contribution in [3.63, 3.8) is 0 Å². The molecule has 4 aromatic rings. The van der Waals surface area contributed by atoms with Crippen LogP contribution < -0.4 is 15.2 Å².